The van der Waals surface area contributed by atoms with Gasteiger partial charge in [-0.2, -0.15) is 0 Å². The van der Waals surface area contributed by atoms with E-state index in [-0.39, 0.29) is 35.4 Å². The van der Waals surface area contributed by atoms with Gasteiger partial charge in [0.25, 0.3) is 0 Å². The van der Waals surface area contributed by atoms with Gasteiger partial charge in [0.05, 0.1) is 17.6 Å². The number of carbonyl (C=O) groups excluding carboxylic acids is 2. The van der Waals surface area contributed by atoms with Crippen LogP contribution in [-0.4, -0.2) is 46.9 Å². The van der Waals surface area contributed by atoms with Crippen LogP contribution in [0.25, 0.3) is 0 Å². The van der Waals surface area contributed by atoms with Crippen LogP contribution in [0.1, 0.15) is 26.7 Å². The summed E-state index contributed by atoms with van der Waals surface area (Å²) >= 11 is 0. The van der Waals surface area contributed by atoms with Gasteiger partial charge in [0, 0.05) is 35.0 Å². The van der Waals surface area contributed by atoms with Crippen LogP contribution in [0.2, 0.25) is 0 Å². The lowest BCUT2D eigenvalue weighted by Gasteiger charge is -2.61. The first-order chi connectivity index (χ1) is 12.3. The van der Waals surface area contributed by atoms with Gasteiger partial charge < -0.3 is 19.3 Å². The minimum atomic E-state index is -1.16. The summed E-state index contributed by atoms with van der Waals surface area (Å²) in [6.45, 7) is 3.55. The Hall–Kier alpha value is -2.15. The molecule has 136 valence electrons. The third-order valence-electron chi connectivity index (χ3n) is 7.91. The summed E-state index contributed by atoms with van der Waals surface area (Å²) in [6, 6.07) is 0. The zero-order valence-electron chi connectivity index (χ0n) is 14.4. The molecule has 3 saturated carbocycles. The number of ether oxygens (including phenoxy) is 3. The highest BCUT2D eigenvalue weighted by atomic mass is 16.6. The molecule has 2 spiro atoms. The summed E-state index contributed by atoms with van der Waals surface area (Å²) in [5.41, 5.74) is -0.511. The third kappa shape index (κ3) is 1.20. The minimum absolute atomic E-state index is 0.0515. The Morgan fingerprint density at radius 2 is 2.08 bits per heavy atom. The van der Waals surface area contributed by atoms with E-state index in [2.05, 4.69) is 0 Å². The largest absolute Gasteiger partial charge is 0.478 e. The average molecular weight is 358 g/mol. The normalized spacial score (nSPS) is 53.8. The lowest BCUT2D eigenvalue weighted by Crippen LogP contribution is -2.70. The molecular weight excluding hydrogens is 340 g/mol. The minimum Gasteiger partial charge on any atom is -0.478 e. The number of esters is 2. The van der Waals surface area contributed by atoms with Crippen molar-refractivity contribution in [2.45, 2.75) is 50.6 Å². The average Bonchev–Trinajstić information content (AvgIpc) is 3.17. The van der Waals surface area contributed by atoms with E-state index in [1.807, 2.05) is 6.92 Å². The highest BCUT2D eigenvalue weighted by Crippen LogP contribution is 2.75. The molecule has 7 rings (SSSR count). The number of hydrogen-bond acceptors (Lipinski definition) is 6. The molecule has 8 atom stereocenters. The molecule has 7 aliphatic rings. The van der Waals surface area contributed by atoms with E-state index in [4.69, 9.17) is 14.2 Å². The van der Waals surface area contributed by atoms with E-state index in [1.54, 1.807) is 0 Å². The van der Waals surface area contributed by atoms with Crippen LogP contribution in [0.3, 0.4) is 0 Å². The summed E-state index contributed by atoms with van der Waals surface area (Å²) in [5, 5.41) is 9.69. The predicted octanol–water partition coefficient (Wildman–Crippen LogP) is 0.978. The molecule has 0 radical (unpaired) electrons. The maximum atomic E-state index is 13.0. The first kappa shape index (κ1) is 15.0. The summed E-state index contributed by atoms with van der Waals surface area (Å²) in [7, 11) is 0. The summed E-state index contributed by atoms with van der Waals surface area (Å²) in [4.78, 5) is 37.1. The second-order valence-electron chi connectivity index (χ2n) is 8.45. The molecule has 7 heteroatoms. The molecule has 0 aromatic carbocycles. The maximum Gasteiger partial charge on any atom is 0.332 e. The van der Waals surface area contributed by atoms with Crippen LogP contribution in [0.15, 0.2) is 22.8 Å². The van der Waals surface area contributed by atoms with E-state index in [0.717, 1.165) is 5.57 Å². The van der Waals surface area contributed by atoms with Gasteiger partial charge in [-0.1, -0.05) is 6.92 Å². The highest BCUT2D eigenvalue weighted by Gasteiger charge is 2.84. The number of hydrogen-bond donors (Lipinski definition) is 1. The summed E-state index contributed by atoms with van der Waals surface area (Å²) < 4.78 is 18.0. The number of rotatable bonds is 1. The monoisotopic (exact) mass is 358 g/mol. The van der Waals surface area contributed by atoms with Crippen LogP contribution in [0.4, 0.5) is 0 Å². The fraction of sp³-hybridized carbons (Fsp3) is 0.632. The number of fused-ring (bicyclic) bond motifs is 1. The van der Waals surface area contributed by atoms with Gasteiger partial charge in [0.1, 0.15) is 6.10 Å². The Morgan fingerprint density at radius 3 is 2.81 bits per heavy atom. The zero-order valence-corrected chi connectivity index (χ0v) is 14.4. The fourth-order valence-electron chi connectivity index (χ4n) is 7.07. The van der Waals surface area contributed by atoms with Crippen LogP contribution in [0, 0.1) is 23.2 Å². The number of carbonyl (C=O) groups is 3. The first-order valence-corrected chi connectivity index (χ1v) is 9.09. The number of carboxylic acid groups (broad SMARTS) is 1. The molecule has 7 nitrogen and oxygen atoms in total. The highest BCUT2D eigenvalue weighted by molar-refractivity contribution is 5.93. The van der Waals surface area contributed by atoms with E-state index in [1.165, 1.54) is 13.0 Å². The van der Waals surface area contributed by atoms with Gasteiger partial charge in [-0.05, 0) is 25.3 Å². The molecule has 1 unspecified atom stereocenters. The van der Waals surface area contributed by atoms with Crippen LogP contribution >= 0.6 is 0 Å². The molecule has 3 aliphatic carbocycles. The lowest BCUT2D eigenvalue weighted by atomic mass is 9.46. The molecule has 4 heterocycles. The molecule has 1 N–H and O–H groups in total. The Morgan fingerprint density at radius 1 is 1.31 bits per heavy atom. The molecule has 4 bridgehead atoms. The van der Waals surface area contributed by atoms with Gasteiger partial charge in [0.2, 0.25) is 0 Å². The molecule has 0 aromatic rings. The topological polar surface area (TPSA) is 99.1 Å². The van der Waals surface area contributed by atoms with Crippen molar-refractivity contribution in [1.29, 1.82) is 0 Å². The van der Waals surface area contributed by atoms with Crippen molar-refractivity contribution >= 4 is 17.9 Å². The van der Waals surface area contributed by atoms with Crippen molar-refractivity contribution in [1.82, 2.24) is 0 Å². The van der Waals surface area contributed by atoms with Crippen LogP contribution in [0.5, 0.6) is 0 Å². The van der Waals surface area contributed by atoms with Crippen molar-refractivity contribution in [2.75, 3.05) is 0 Å². The van der Waals surface area contributed by atoms with Gasteiger partial charge in [-0.25, -0.2) is 9.59 Å². The molecule has 26 heavy (non-hydrogen) atoms. The molecular formula is C19H18O7. The Bertz CT molecular complexity index is 884. The molecule has 3 saturated heterocycles. The van der Waals surface area contributed by atoms with E-state index in [9.17, 15) is 19.5 Å². The smallest absolute Gasteiger partial charge is 0.332 e. The third-order valence-corrected chi connectivity index (χ3v) is 7.91. The van der Waals surface area contributed by atoms with Gasteiger partial charge >= 0.3 is 17.9 Å². The van der Waals surface area contributed by atoms with Crippen molar-refractivity contribution in [3.8, 4) is 0 Å². The lowest BCUT2D eigenvalue weighted by molar-refractivity contribution is -0.244. The van der Waals surface area contributed by atoms with Gasteiger partial charge in [-0.3, -0.25) is 4.79 Å². The second-order valence-corrected chi connectivity index (χ2v) is 8.45. The Labute approximate surface area is 149 Å². The molecule has 0 aromatic heterocycles. The van der Waals surface area contributed by atoms with Gasteiger partial charge in [0.15, 0.2) is 5.60 Å². The quantitative estimate of drug-likeness (QED) is 0.551. The maximum absolute atomic E-state index is 13.0. The second kappa shape index (κ2) is 4.06. The van der Waals surface area contributed by atoms with E-state index < -0.39 is 35.2 Å². The first-order valence-electron chi connectivity index (χ1n) is 9.09. The van der Waals surface area contributed by atoms with Crippen molar-refractivity contribution in [3.05, 3.63) is 22.8 Å². The molecule has 6 fully saturated rings. The standard InChI is InChI=1S/C19H18O7/c1-6(16(21)22)11-13-10-14-12(24-13)7(2)18(17(23)25-14)4-3-8-5-9(20)26-19(8,11)15(10)18/h5,7,10,12-15H,3-4H2,1-2H3,(H,21,22)/b11-6+/t7?,10-,12+,13-,14-,15-,18-,19+/m1/s1. The van der Waals surface area contributed by atoms with Gasteiger partial charge in [-0.15, -0.1) is 0 Å². The summed E-state index contributed by atoms with van der Waals surface area (Å²) in [5.74, 6) is -2.29. The number of carboxylic acids is 1. The van der Waals surface area contributed by atoms with Crippen LogP contribution < -0.4 is 0 Å². The Kier molecular flexibility index (Phi) is 2.34. The predicted molar refractivity (Wildman–Crippen MR) is 83.6 cm³/mol. The molecule has 4 aliphatic heterocycles. The van der Waals surface area contributed by atoms with Crippen molar-refractivity contribution in [3.63, 3.8) is 0 Å². The Balaban J connectivity index is 1.71. The van der Waals surface area contributed by atoms with Crippen LogP contribution in [-0.2, 0) is 28.6 Å². The summed E-state index contributed by atoms with van der Waals surface area (Å²) in [6.07, 6.45) is 1.47. The number of aliphatic carboxylic acids is 1. The van der Waals surface area contributed by atoms with E-state index in [0.29, 0.717) is 18.4 Å². The molecule has 0 amide bonds. The zero-order chi connectivity index (χ0) is 18.2. The van der Waals surface area contributed by atoms with Crippen molar-refractivity contribution in [2.24, 2.45) is 23.2 Å². The fourth-order valence-corrected chi connectivity index (χ4v) is 7.07. The SMILES string of the molecule is C/C(C(=O)O)=C1/[C@@H]2O[C@H]3C(C)[C@]45CCC6=CC(=O)O[C@@]61[C@@H]4[C@H]2[C@H]3OC5=O. The van der Waals surface area contributed by atoms with E-state index >= 15 is 0 Å². The van der Waals surface area contributed by atoms with Crippen molar-refractivity contribution < 1.29 is 33.7 Å².